The van der Waals surface area contributed by atoms with Crippen molar-refractivity contribution in [1.82, 2.24) is 15.1 Å². The second-order valence-corrected chi connectivity index (χ2v) is 4.28. The van der Waals surface area contributed by atoms with Gasteiger partial charge in [0.05, 0.1) is 11.4 Å². The molecule has 1 unspecified atom stereocenters. The Hall–Kier alpha value is -1.03. The first-order chi connectivity index (χ1) is 7.20. The van der Waals surface area contributed by atoms with Crippen molar-refractivity contribution in [2.24, 2.45) is 7.05 Å². The van der Waals surface area contributed by atoms with Crippen LogP contribution < -0.4 is 10.2 Å². The van der Waals surface area contributed by atoms with Crippen LogP contribution in [0.1, 0.15) is 19.0 Å². The summed E-state index contributed by atoms with van der Waals surface area (Å²) < 4.78 is 1.90. The van der Waals surface area contributed by atoms with Gasteiger partial charge in [0.1, 0.15) is 0 Å². The molecule has 1 aromatic heterocycles. The van der Waals surface area contributed by atoms with E-state index < -0.39 is 0 Å². The summed E-state index contributed by atoms with van der Waals surface area (Å²) >= 11 is 0. The molecule has 0 amide bonds. The highest BCUT2D eigenvalue weighted by Crippen LogP contribution is 2.19. The number of hydrogen-bond donors (Lipinski definition) is 1. The lowest BCUT2D eigenvalue weighted by Gasteiger charge is -2.34. The second kappa shape index (κ2) is 4.23. The van der Waals surface area contributed by atoms with Crippen LogP contribution in [-0.2, 0) is 7.05 Å². The molecule has 0 aliphatic carbocycles. The number of hydrogen-bond acceptors (Lipinski definition) is 3. The molecular formula is C11H20N4. The van der Waals surface area contributed by atoms with E-state index in [2.05, 4.69) is 35.4 Å². The Bertz CT molecular complexity index is 331. The number of nitrogens with zero attached hydrogens (tertiary/aromatic N) is 3. The number of aryl methyl sites for hydroxylation is 2. The van der Waals surface area contributed by atoms with Crippen LogP contribution in [0.5, 0.6) is 0 Å². The number of anilines is 1. The summed E-state index contributed by atoms with van der Waals surface area (Å²) in [5, 5.41) is 7.92. The Kier molecular flexibility index (Phi) is 2.95. The Morgan fingerprint density at radius 3 is 3.00 bits per heavy atom. The van der Waals surface area contributed by atoms with E-state index in [0.29, 0.717) is 6.04 Å². The molecule has 1 fully saturated rings. The zero-order chi connectivity index (χ0) is 10.8. The minimum Gasteiger partial charge on any atom is -0.366 e. The molecule has 0 bridgehead atoms. The molecule has 2 rings (SSSR count). The molecule has 0 saturated carbocycles. The van der Waals surface area contributed by atoms with Crippen molar-refractivity contribution in [2.75, 3.05) is 24.5 Å². The van der Waals surface area contributed by atoms with E-state index in [9.17, 15) is 0 Å². The van der Waals surface area contributed by atoms with Crippen LogP contribution in [0.3, 0.4) is 0 Å². The topological polar surface area (TPSA) is 33.1 Å². The van der Waals surface area contributed by atoms with Gasteiger partial charge in [0.25, 0.3) is 0 Å². The first-order valence-electron chi connectivity index (χ1n) is 5.69. The van der Waals surface area contributed by atoms with E-state index in [1.807, 2.05) is 11.7 Å². The summed E-state index contributed by atoms with van der Waals surface area (Å²) in [5.74, 6) is 0. The number of nitrogens with one attached hydrogen (secondary N) is 1. The Labute approximate surface area is 91.3 Å². The molecular weight excluding hydrogens is 188 g/mol. The van der Waals surface area contributed by atoms with Crippen LogP contribution >= 0.6 is 0 Å². The zero-order valence-electron chi connectivity index (χ0n) is 9.82. The van der Waals surface area contributed by atoms with Crippen LogP contribution in [-0.4, -0.2) is 35.5 Å². The molecule has 15 heavy (non-hydrogen) atoms. The summed E-state index contributed by atoms with van der Waals surface area (Å²) in [6.45, 7) is 7.58. The Morgan fingerprint density at radius 2 is 2.40 bits per heavy atom. The Balaban J connectivity index is 2.13. The van der Waals surface area contributed by atoms with Crippen molar-refractivity contribution in [3.63, 3.8) is 0 Å². The quantitative estimate of drug-likeness (QED) is 0.784. The van der Waals surface area contributed by atoms with Gasteiger partial charge in [0.2, 0.25) is 0 Å². The van der Waals surface area contributed by atoms with E-state index >= 15 is 0 Å². The average molecular weight is 208 g/mol. The van der Waals surface area contributed by atoms with Gasteiger partial charge in [-0.1, -0.05) is 6.92 Å². The minimum atomic E-state index is 0.623. The van der Waals surface area contributed by atoms with Crippen molar-refractivity contribution in [3.05, 3.63) is 11.9 Å². The third kappa shape index (κ3) is 2.15. The SMILES string of the molecule is CCC1CN(c2cn(C)nc2C)CCN1. The van der Waals surface area contributed by atoms with Crippen LogP contribution in [0.15, 0.2) is 6.20 Å². The van der Waals surface area contributed by atoms with Crippen LogP contribution in [0.2, 0.25) is 0 Å². The molecule has 4 heteroatoms. The fourth-order valence-corrected chi connectivity index (χ4v) is 2.22. The largest absolute Gasteiger partial charge is 0.366 e. The van der Waals surface area contributed by atoms with Crippen LogP contribution in [0.25, 0.3) is 0 Å². The highest BCUT2D eigenvalue weighted by atomic mass is 15.3. The fraction of sp³-hybridized carbons (Fsp3) is 0.727. The Morgan fingerprint density at radius 1 is 1.60 bits per heavy atom. The predicted octanol–water partition coefficient (Wildman–Crippen LogP) is 0.917. The molecule has 1 aliphatic heterocycles. The maximum Gasteiger partial charge on any atom is 0.0827 e. The lowest BCUT2D eigenvalue weighted by Crippen LogP contribution is -2.50. The summed E-state index contributed by atoms with van der Waals surface area (Å²) in [5.41, 5.74) is 2.42. The molecule has 0 radical (unpaired) electrons. The van der Waals surface area contributed by atoms with Gasteiger partial charge in [-0.05, 0) is 13.3 Å². The van der Waals surface area contributed by atoms with Gasteiger partial charge in [-0.2, -0.15) is 5.10 Å². The van der Waals surface area contributed by atoms with Gasteiger partial charge < -0.3 is 10.2 Å². The minimum absolute atomic E-state index is 0.623. The average Bonchev–Trinajstić information content (AvgIpc) is 2.58. The standard InChI is InChI=1S/C11H20N4/c1-4-10-7-15(6-5-12-10)11-8-14(3)13-9(11)2/h8,10,12H,4-7H2,1-3H3. The van der Waals surface area contributed by atoms with Gasteiger partial charge in [-0.25, -0.2) is 0 Å². The van der Waals surface area contributed by atoms with E-state index in [4.69, 9.17) is 0 Å². The highest BCUT2D eigenvalue weighted by Gasteiger charge is 2.20. The third-order valence-electron chi connectivity index (χ3n) is 3.08. The monoisotopic (exact) mass is 208 g/mol. The zero-order valence-corrected chi connectivity index (χ0v) is 9.82. The van der Waals surface area contributed by atoms with Crippen LogP contribution in [0, 0.1) is 6.92 Å². The van der Waals surface area contributed by atoms with Gasteiger partial charge in [-0.15, -0.1) is 0 Å². The molecule has 1 atom stereocenters. The summed E-state index contributed by atoms with van der Waals surface area (Å²) in [4.78, 5) is 2.44. The first kappa shape index (κ1) is 10.5. The van der Waals surface area contributed by atoms with Gasteiger partial charge >= 0.3 is 0 Å². The molecule has 2 heterocycles. The van der Waals surface area contributed by atoms with Crippen LogP contribution in [0.4, 0.5) is 5.69 Å². The molecule has 0 aromatic carbocycles. The molecule has 1 aromatic rings. The van der Waals surface area contributed by atoms with Crippen molar-refractivity contribution in [2.45, 2.75) is 26.3 Å². The van der Waals surface area contributed by atoms with E-state index in [-0.39, 0.29) is 0 Å². The second-order valence-electron chi connectivity index (χ2n) is 4.28. The van der Waals surface area contributed by atoms with Crippen molar-refractivity contribution in [1.29, 1.82) is 0 Å². The molecule has 0 spiro atoms. The van der Waals surface area contributed by atoms with Crippen molar-refractivity contribution < 1.29 is 0 Å². The maximum absolute atomic E-state index is 4.39. The lowest BCUT2D eigenvalue weighted by molar-refractivity contribution is 0.446. The van der Waals surface area contributed by atoms with E-state index in [1.54, 1.807) is 0 Å². The van der Waals surface area contributed by atoms with Gasteiger partial charge in [-0.3, -0.25) is 4.68 Å². The first-order valence-corrected chi connectivity index (χ1v) is 5.69. The van der Waals surface area contributed by atoms with E-state index in [0.717, 1.165) is 25.3 Å². The number of aromatic nitrogens is 2. The molecule has 4 nitrogen and oxygen atoms in total. The van der Waals surface area contributed by atoms with Gasteiger partial charge in [0.15, 0.2) is 0 Å². The van der Waals surface area contributed by atoms with Gasteiger partial charge in [0, 0.05) is 38.9 Å². The van der Waals surface area contributed by atoms with Crippen molar-refractivity contribution >= 4 is 5.69 Å². The van der Waals surface area contributed by atoms with Crippen molar-refractivity contribution in [3.8, 4) is 0 Å². The summed E-state index contributed by atoms with van der Waals surface area (Å²) in [6, 6.07) is 0.623. The number of piperazine rings is 1. The normalized spacial score (nSPS) is 22.1. The maximum atomic E-state index is 4.39. The van der Waals surface area contributed by atoms with E-state index in [1.165, 1.54) is 12.1 Å². The highest BCUT2D eigenvalue weighted by molar-refractivity contribution is 5.49. The summed E-state index contributed by atoms with van der Waals surface area (Å²) in [6.07, 6.45) is 3.31. The molecule has 1 N–H and O–H groups in total. The number of rotatable bonds is 2. The third-order valence-corrected chi connectivity index (χ3v) is 3.08. The molecule has 84 valence electrons. The lowest BCUT2D eigenvalue weighted by atomic mass is 10.1. The fourth-order valence-electron chi connectivity index (χ4n) is 2.22. The predicted molar refractivity (Wildman–Crippen MR) is 62.2 cm³/mol. The smallest absolute Gasteiger partial charge is 0.0827 e. The molecule has 1 aliphatic rings. The summed E-state index contributed by atoms with van der Waals surface area (Å²) in [7, 11) is 1.98. The molecule has 1 saturated heterocycles.